The van der Waals surface area contributed by atoms with Gasteiger partial charge in [0.05, 0.1) is 5.92 Å². The van der Waals surface area contributed by atoms with E-state index in [1.807, 2.05) is 0 Å². The van der Waals surface area contributed by atoms with Gasteiger partial charge in [0.15, 0.2) is 0 Å². The Kier molecular flexibility index (Phi) is 5.59. The first kappa shape index (κ1) is 15.0. The van der Waals surface area contributed by atoms with Crippen LogP contribution in [0.3, 0.4) is 0 Å². The Labute approximate surface area is 108 Å². The van der Waals surface area contributed by atoms with Gasteiger partial charge in [-0.2, -0.15) is 12.7 Å². The second kappa shape index (κ2) is 6.73. The van der Waals surface area contributed by atoms with Crippen molar-refractivity contribution in [1.82, 2.24) is 9.03 Å². The molecule has 1 unspecified atom stereocenters. The maximum absolute atomic E-state index is 11.9. The van der Waals surface area contributed by atoms with Crippen LogP contribution < -0.4 is 4.72 Å². The Morgan fingerprint density at radius 2 is 2.28 bits per heavy atom. The third kappa shape index (κ3) is 4.29. The first-order valence-electron chi connectivity index (χ1n) is 5.88. The minimum Gasteiger partial charge on any atom is -0.481 e. The zero-order valence-corrected chi connectivity index (χ0v) is 10.9. The Morgan fingerprint density at radius 3 is 2.89 bits per heavy atom. The van der Waals surface area contributed by atoms with E-state index in [4.69, 9.17) is 11.5 Å². The van der Waals surface area contributed by atoms with Gasteiger partial charge < -0.3 is 5.11 Å². The summed E-state index contributed by atoms with van der Waals surface area (Å²) in [5.74, 6) is 0.877. The van der Waals surface area contributed by atoms with Crippen LogP contribution in [0.4, 0.5) is 0 Å². The number of nitrogens with one attached hydrogen (secondary N) is 1. The van der Waals surface area contributed by atoms with Gasteiger partial charge in [-0.05, 0) is 19.3 Å². The largest absolute Gasteiger partial charge is 0.481 e. The standard InChI is InChI=1S/C11H18N2O4S/c1-2-3-4-7-12-18(16,17)13-8-5-6-10(9-13)11(14)15/h1,10,12H,3-9H2,(H,14,15). The molecule has 1 aliphatic heterocycles. The molecule has 2 N–H and O–H groups in total. The fraction of sp³-hybridized carbons (Fsp3) is 0.727. The summed E-state index contributed by atoms with van der Waals surface area (Å²) in [4.78, 5) is 10.9. The first-order valence-corrected chi connectivity index (χ1v) is 7.32. The Morgan fingerprint density at radius 1 is 1.56 bits per heavy atom. The summed E-state index contributed by atoms with van der Waals surface area (Å²) in [6, 6.07) is 0. The second-order valence-corrected chi connectivity index (χ2v) is 6.00. The number of rotatable bonds is 6. The van der Waals surface area contributed by atoms with Gasteiger partial charge in [0.1, 0.15) is 0 Å². The lowest BCUT2D eigenvalue weighted by Gasteiger charge is -2.29. The van der Waals surface area contributed by atoms with E-state index in [1.54, 1.807) is 0 Å². The molecule has 102 valence electrons. The van der Waals surface area contributed by atoms with Crippen LogP contribution in [0.5, 0.6) is 0 Å². The summed E-state index contributed by atoms with van der Waals surface area (Å²) in [6.45, 7) is 0.689. The number of piperidine rings is 1. The number of hydrogen-bond acceptors (Lipinski definition) is 3. The third-order valence-electron chi connectivity index (χ3n) is 2.86. The number of aliphatic carboxylic acids is 1. The van der Waals surface area contributed by atoms with E-state index in [0.717, 1.165) is 0 Å². The Bertz CT molecular complexity index is 427. The van der Waals surface area contributed by atoms with Crippen LogP contribution in [0.2, 0.25) is 0 Å². The molecule has 6 nitrogen and oxygen atoms in total. The van der Waals surface area contributed by atoms with E-state index in [1.165, 1.54) is 4.31 Å². The number of carboxylic acid groups (broad SMARTS) is 1. The highest BCUT2D eigenvalue weighted by Gasteiger charge is 2.31. The lowest BCUT2D eigenvalue weighted by Crippen LogP contribution is -2.47. The predicted molar refractivity (Wildman–Crippen MR) is 66.9 cm³/mol. The molecule has 1 atom stereocenters. The molecule has 0 amide bonds. The van der Waals surface area contributed by atoms with Crippen molar-refractivity contribution in [2.24, 2.45) is 5.92 Å². The Balaban J connectivity index is 2.51. The number of hydrogen-bond donors (Lipinski definition) is 2. The van der Waals surface area contributed by atoms with Crippen molar-refractivity contribution in [2.45, 2.75) is 25.7 Å². The van der Waals surface area contributed by atoms with Gasteiger partial charge in [0.2, 0.25) is 0 Å². The number of carbonyl (C=O) groups is 1. The van der Waals surface area contributed by atoms with E-state index in [0.29, 0.717) is 32.2 Å². The van der Waals surface area contributed by atoms with Gasteiger partial charge >= 0.3 is 5.97 Å². The molecule has 1 saturated heterocycles. The minimum atomic E-state index is -3.58. The molecule has 1 fully saturated rings. The summed E-state index contributed by atoms with van der Waals surface area (Å²) in [5, 5.41) is 8.90. The van der Waals surface area contributed by atoms with Crippen LogP contribution in [0.25, 0.3) is 0 Å². The van der Waals surface area contributed by atoms with Crippen molar-refractivity contribution in [3.8, 4) is 12.3 Å². The quantitative estimate of drug-likeness (QED) is 0.528. The van der Waals surface area contributed by atoms with Gasteiger partial charge in [-0.1, -0.05) is 0 Å². The van der Waals surface area contributed by atoms with Crippen molar-refractivity contribution in [2.75, 3.05) is 19.6 Å². The molecule has 0 saturated carbocycles. The molecule has 0 bridgehead atoms. The highest BCUT2D eigenvalue weighted by atomic mass is 32.2. The summed E-state index contributed by atoms with van der Waals surface area (Å²) in [7, 11) is -3.58. The predicted octanol–water partition coefficient (Wildman–Crippen LogP) is 0.0308. The smallest absolute Gasteiger partial charge is 0.307 e. The van der Waals surface area contributed by atoms with E-state index in [-0.39, 0.29) is 13.1 Å². The highest BCUT2D eigenvalue weighted by Crippen LogP contribution is 2.18. The van der Waals surface area contributed by atoms with E-state index >= 15 is 0 Å². The average Bonchev–Trinajstić information content (AvgIpc) is 2.35. The number of unbranched alkanes of at least 4 members (excludes halogenated alkanes) is 1. The molecule has 1 heterocycles. The first-order chi connectivity index (χ1) is 8.47. The average molecular weight is 274 g/mol. The molecular formula is C11H18N2O4S. The normalized spacial score (nSPS) is 21.4. The van der Waals surface area contributed by atoms with Crippen molar-refractivity contribution in [3.63, 3.8) is 0 Å². The summed E-state index contributed by atoms with van der Waals surface area (Å²) < 4.78 is 27.4. The fourth-order valence-electron chi connectivity index (χ4n) is 1.85. The van der Waals surface area contributed by atoms with Crippen LogP contribution in [0.15, 0.2) is 0 Å². The molecule has 1 rings (SSSR count). The van der Waals surface area contributed by atoms with Gasteiger partial charge in [0.25, 0.3) is 10.2 Å². The number of terminal acetylenes is 1. The van der Waals surface area contributed by atoms with E-state index in [2.05, 4.69) is 10.6 Å². The Hall–Kier alpha value is -1.10. The molecule has 0 aliphatic carbocycles. The zero-order valence-electron chi connectivity index (χ0n) is 10.1. The van der Waals surface area contributed by atoms with Gasteiger partial charge in [-0.15, -0.1) is 12.3 Å². The molecule has 0 aromatic rings. The lowest BCUT2D eigenvalue weighted by atomic mass is 10.0. The van der Waals surface area contributed by atoms with Gasteiger partial charge in [0, 0.05) is 26.1 Å². The molecule has 0 aromatic heterocycles. The monoisotopic (exact) mass is 274 g/mol. The topological polar surface area (TPSA) is 86.7 Å². The van der Waals surface area contributed by atoms with Gasteiger partial charge in [-0.25, -0.2) is 4.72 Å². The van der Waals surface area contributed by atoms with E-state index < -0.39 is 22.1 Å². The molecule has 7 heteroatoms. The summed E-state index contributed by atoms with van der Waals surface area (Å²) in [5.41, 5.74) is 0. The van der Waals surface area contributed by atoms with E-state index in [9.17, 15) is 13.2 Å². The highest BCUT2D eigenvalue weighted by molar-refractivity contribution is 7.87. The van der Waals surface area contributed by atoms with Crippen LogP contribution in [0.1, 0.15) is 25.7 Å². The number of carboxylic acids is 1. The maximum Gasteiger partial charge on any atom is 0.307 e. The van der Waals surface area contributed by atoms with Crippen molar-refractivity contribution in [3.05, 3.63) is 0 Å². The summed E-state index contributed by atoms with van der Waals surface area (Å²) in [6.07, 6.45) is 7.26. The van der Waals surface area contributed by atoms with Crippen molar-refractivity contribution in [1.29, 1.82) is 0 Å². The van der Waals surface area contributed by atoms with Crippen molar-refractivity contribution < 1.29 is 18.3 Å². The lowest BCUT2D eigenvalue weighted by molar-refractivity contribution is -0.142. The maximum atomic E-state index is 11.9. The molecule has 0 radical (unpaired) electrons. The van der Waals surface area contributed by atoms with Crippen LogP contribution in [-0.4, -0.2) is 43.4 Å². The van der Waals surface area contributed by atoms with Crippen LogP contribution in [0, 0.1) is 18.3 Å². The SMILES string of the molecule is C#CCCCNS(=O)(=O)N1CCCC(C(=O)O)C1. The molecule has 0 aromatic carbocycles. The van der Waals surface area contributed by atoms with Crippen LogP contribution in [-0.2, 0) is 15.0 Å². The zero-order chi connectivity index (χ0) is 13.6. The third-order valence-corrected chi connectivity index (χ3v) is 4.44. The molecule has 0 spiro atoms. The van der Waals surface area contributed by atoms with Gasteiger partial charge in [-0.3, -0.25) is 4.79 Å². The fourth-order valence-corrected chi connectivity index (χ4v) is 3.18. The number of nitrogens with zero attached hydrogens (tertiary/aromatic N) is 1. The molecular weight excluding hydrogens is 256 g/mol. The van der Waals surface area contributed by atoms with Crippen LogP contribution >= 0.6 is 0 Å². The molecule has 18 heavy (non-hydrogen) atoms. The second-order valence-electron chi connectivity index (χ2n) is 4.24. The van der Waals surface area contributed by atoms with Crippen molar-refractivity contribution >= 4 is 16.2 Å². The molecule has 1 aliphatic rings. The summed E-state index contributed by atoms with van der Waals surface area (Å²) >= 11 is 0. The minimum absolute atomic E-state index is 0.0415.